The van der Waals surface area contributed by atoms with Gasteiger partial charge in [-0.3, -0.25) is 4.98 Å². The summed E-state index contributed by atoms with van der Waals surface area (Å²) in [4.78, 5) is 4.45. The van der Waals surface area contributed by atoms with E-state index in [4.69, 9.17) is 9.47 Å². The molecule has 0 aliphatic heterocycles. The second kappa shape index (κ2) is 7.20. The average molecular weight is 379 g/mol. The molecule has 5 heteroatoms. The summed E-state index contributed by atoms with van der Waals surface area (Å²) in [5.41, 5.74) is 2.56. The maximum absolute atomic E-state index is 6.18. The minimum atomic E-state index is 0.455. The standard InChI is InChI=1S/C24H17N3O2/c1-28-18-13-11-17(12-14-18)22-19-8-2-3-9-20(19)24(27-26-22)29-21-10-4-6-16-7-5-15-25-23(16)21/h2-15H,1H3. The van der Waals surface area contributed by atoms with Crippen LogP contribution in [0.5, 0.6) is 17.4 Å². The molecule has 5 rings (SSSR count). The molecule has 0 unspecified atom stereocenters. The molecule has 0 N–H and O–H groups in total. The van der Waals surface area contributed by atoms with Gasteiger partial charge >= 0.3 is 0 Å². The Hall–Kier alpha value is -3.99. The summed E-state index contributed by atoms with van der Waals surface area (Å²) in [6, 6.07) is 25.5. The van der Waals surface area contributed by atoms with Crippen molar-refractivity contribution >= 4 is 21.7 Å². The zero-order chi connectivity index (χ0) is 19.6. The molecular formula is C24H17N3O2. The summed E-state index contributed by atoms with van der Waals surface area (Å²) in [5.74, 6) is 1.91. The number of hydrogen-bond acceptors (Lipinski definition) is 5. The average Bonchev–Trinajstić information content (AvgIpc) is 2.80. The van der Waals surface area contributed by atoms with E-state index in [9.17, 15) is 0 Å². The minimum Gasteiger partial charge on any atom is -0.497 e. The number of pyridine rings is 1. The van der Waals surface area contributed by atoms with Crippen molar-refractivity contribution < 1.29 is 9.47 Å². The third kappa shape index (κ3) is 3.12. The molecule has 2 aromatic heterocycles. The molecule has 0 saturated heterocycles. The monoisotopic (exact) mass is 379 g/mol. The lowest BCUT2D eigenvalue weighted by molar-refractivity contribution is 0.415. The molecule has 140 valence electrons. The van der Waals surface area contributed by atoms with E-state index in [2.05, 4.69) is 15.2 Å². The molecule has 0 fully saturated rings. The highest BCUT2D eigenvalue weighted by Gasteiger charge is 2.14. The summed E-state index contributed by atoms with van der Waals surface area (Å²) in [6.07, 6.45) is 1.76. The first-order chi connectivity index (χ1) is 14.3. The minimum absolute atomic E-state index is 0.455. The molecule has 0 bridgehead atoms. The smallest absolute Gasteiger partial charge is 0.246 e. The number of hydrogen-bond donors (Lipinski definition) is 0. The second-order valence-electron chi connectivity index (χ2n) is 6.56. The number of fused-ring (bicyclic) bond motifs is 2. The van der Waals surface area contributed by atoms with Crippen LogP contribution in [0.1, 0.15) is 0 Å². The van der Waals surface area contributed by atoms with E-state index in [0.29, 0.717) is 11.6 Å². The van der Waals surface area contributed by atoms with E-state index in [1.165, 1.54) is 0 Å². The number of nitrogens with zero attached hydrogens (tertiary/aromatic N) is 3. The molecule has 29 heavy (non-hydrogen) atoms. The number of ether oxygens (including phenoxy) is 2. The van der Waals surface area contributed by atoms with Crippen LogP contribution in [-0.4, -0.2) is 22.3 Å². The highest BCUT2D eigenvalue weighted by molar-refractivity contribution is 5.97. The predicted octanol–water partition coefficient (Wildman–Crippen LogP) is 5.65. The Labute approximate surface area is 167 Å². The van der Waals surface area contributed by atoms with Gasteiger partial charge in [0, 0.05) is 27.9 Å². The Morgan fingerprint density at radius 2 is 1.52 bits per heavy atom. The van der Waals surface area contributed by atoms with Crippen LogP contribution in [0.4, 0.5) is 0 Å². The molecule has 0 aliphatic rings. The van der Waals surface area contributed by atoms with Gasteiger partial charge in [-0.25, -0.2) is 0 Å². The molecule has 0 saturated carbocycles. The van der Waals surface area contributed by atoms with Gasteiger partial charge in [-0.1, -0.05) is 36.4 Å². The fraction of sp³-hybridized carbons (Fsp3) is 0.0417. The quantitative estimate of drug-likeness (QED) is 0.404. The summed E-state index contributed by atoms with van der Waals surface area (Å²) >= 11 is 0. The number of para-hydroxylation sites is 1. The summed E-state index contributed by atoms with van der Waals surface area (Å²) in [7, 11) is 1.65. The third-order valence-electron chi connectivity index (χ3n) is 4.82. The van der Waals surface area contributed by atoms with Crippen LogP contribution in [-0.2, 0) is 0 Å². The predicted molar refractivity (Wildman–Crippen MR) is 113 cm³/mol. The first-order valence-electron chi connectivity index (χ1n) is 9.25. The van der Waals surface area contributed by atoms with Crippen LogP contribution in [0.15, 0.2) is 85.1 Å². The molecule has 0 amide bonds. The molecule has 3 aromatic carbocycles. The maximum atomic E-state index is 6.18. The molecule has 5 aromatic rings. The Morgan fingerprint density at radius 3 is 2.34 bits per heavy atom. The topological polar surface area (TPSA) is 57.1 Å². The zero-order valence-electron chi connectivity index (χ0n) is 15.7. The first-order valence-corrected chi connectivity index (χ1v) is 9.25. The second-order valence-corrected chi connectivity index (χ2v) is 6.56. The van der Waals surface area contributed by atoms with E-state index in [-0.39, 0.29) is 0 Å². The Morgan fingerprint density at radius 1 is 0.724 bits per heavy atom. The summed E-state index contributed by atoms with van der Waals surface area (Å²) < 4.78 is 11.4. The van der Waals surface area contributed by atoms with Crippen molar-refractivity contribution in [3.63, 3.8) is 0 Å². The Balaban J connectivity index is 1.62. The molecule has 2 heterocycles. The van der Waals surface area contributed by atoms with E-state index in [1.807, 2.05) is 78.9 Å². The normalized spacial score (nSPS) is 10.9. The highest BCUT2D eigenvalue weighted by Crippen LogP contribution is 2.35. The van der Waals surface area contributed by atoms with Crippen molar-refractivity contribution in [2.24, 2.45) is 0 Å². The lowest BCUT2D eigenvalue weighted by Crippen LogP contribution is -1.96. The molecule has 0 spiro atoms. The van der Waals surface area contributed by atoms with Gasteiger partial charge in [-0.05, 0) is 42.5 Å². The summed E-state index contributed by atoms with van der Waals surface area (Å²) in [5, 5.41) is 11.7. The van der Waals surface area contributed by atoms with E-state index >= 15 is 0 Å². The maximum Gasteiger partial charge on any atom is 0.246 e. The highest BCUT2D eigenvalue weighted by atomic mass is 16.5. The molecule has 5 nitrogen and oxygen atoms in total. The van der Waals surface area contributed by atoms with Crippen molar-refractivity contribution in [3.05, 3.63) is 85.1 Å². The van der Waals surface area contributed by atoms with Crippen molar-refractivity contribution in [1.29, 1.82) is 0 Å². The van der Waals surface area contributed by atoms with Gasteiger partial charge in [0.1, 0.15) is 17.0 Å². The third-order valence-corrected chi connectivity index (χ3v) is 4.82. The van der Waals surface area contributed by atoms with Crippen molar-refractivity contribution in [2.45, 2.75) is 0 Å². The van der Waals surface area contributed by atoms with E-state index in [1.54, 1.807) is 13.3 Å². The SMILES string of the molecule is COc1ccc(-c2nnc(Oc3cccc4cccnc34)c3ccccc23)cc1. The summed E-state index contributed by atoms with van der Waals surface area (Å²) in [6.45, 7) is 0. The lowest BCUT2D eigenvalue weighted by atomic mass is 10.0. The zero-order valence-corrected chi connectivity index (χ0v) is 15.7. The van der Waals surface area contributed by atoms with Crippen molar-refractivity contribution in [3.8, 4) is 28.6 Å². The van der Waals surface area contributed by atoms with Gasteiger partial charge in [-0.2, -0.15) is 0 Å². The molecule has 0 radical (unpaired) electrons. The van der Waals surface area contributed by atoms with Gasteiger partial charge < -0.3 is 9.47 Å². The van der Waals surface area contributed by atoms with Crippen molar-refractivity contribution in [1.82, 2.24) is 15.2 Å². The number of benzene rings is 3. The number of aromatic nitrogens is 3. The molecule has 0 atom stereocenters. The first kappa shape index (κ1) is 17.1. The largest absolute Gasteiger partial charge is 0.497 e. The Kier molecular flexibility index (Phi) is 4.26. The Bertz CT molecular complexity index is 1310. The van der Waals surface area contributed by atoms with Crippen LogP contribution < -0.4 is 9.47 Å². The van der Waals surface area contributed by atoms with Crippen LogP contribution >= 0.6 is 0 Å². The van der Waals surface area contributed by atoms with Gasteiger partial charge in [0.05, 0.1) is 7.11 Å². The fourth-order valence-corrected chi connectivity index (χ4v) is 3.38. The van der Waals surface area contributed by atoms with Gasteiger partial charge in [0.2, 0.25) is 5.88 Å². The van der Waals surface area contributed by atoms with Crippen LogP contribution in [0.25, 0.3) is 32.9 Å². The van der Waals surface area contributed by atoms with Gasteiger partial charge in [0.15, 0.2) is 5.75 Å². The van der Waals surface area contributed by atoms with Crippen LogP contribution in [0.2, 0.25) is 0 Å². The van der Waals surface area contributed by atoms with Crippen LogP contribution in [0, 0.1) is 0 Å². The van der Waals surface area contributed by atoms with E-state index in [0.717, 1.165) is 38.7 Å². The fourth-order valence-electron chi connectivity index (χ4n) is 3.38. The van der Waals surface area contributed by atoms with E-state index < -0.39 is 0 Å². The number of methoxy groups -OCH3 is 1. The van der Waals surface area contributed by atoms with Crippen LogP contribution in [0.3, 0.4) is 0 Å². The molecule has 0 aliphatic carbocycles. The lowest BCUT2D eigenvalue weighted by Gasteiger charge is -2.11. The number of rotatable bonds is 4. The van der Waals surface area contributed by atoms with Gasteiger partial charge in [-0.15, -0.1) is 10.2 Å². The van der Waals surface area contributed by atoms with Gasteiger partial charge in [0.25, 0.3) is 0 Å². The molecular weight excluding hydrogens is 362 g/mol. The van der Waals surface area contributed by atoms with Crippen molar-refractivity contribution in [2.75, 3.05) is 7.11 Å².